The van der Waals surface area contributed by atoms with Crippen LogP contribution >= 0.6 is 0 Å². The third-order valence-electron chi connectivity index (χ3n) is 4.73. The molecule has 0 saturated carbocycles. The van der Waals surface area contributed by atoms with Crippen LogP contribution in [0.15, 0.2) is 65.5 Å². The maximum Gasteiger partial charge on any atom is 0.295 e. The summed E-state index contributed by atoms with van der Waals surface area (Å²) in [5, 5.41) is 5.45. The Morgan fingerprint density at radius 3 is 2.14 bits per heavy atom. The van der Waals surface area contributed by atoms with Crippen molar-refractivity contribution in [3.8, 4) is 5.69 Å². The molecule has 150 valence electrons. The van der Waals surface area contributed by atoms with Crippen LogP contribution in [0.4, 0.5) is 5.69 Å². The molecule has 2 N–H and O–H groups in total. The number of amides is 2. The summed E-state index contributed by atoms with van der Waals surface area (Å²) in [7, 11) is 1.76. The molecule has 2 amide bonds. The average Bonchev–Trinajstić information content (AvgIpc) is 2.95. The Labute approximate surface area is 169 Å². The van der Waals surface area contributed by atoms with Gasteiger partial charge in [0.1, 0.15) is 5.69 Å². The Kier molecular flexibility index (Phi) is 6.29. The molecule has 0 fully saturated rings. The lowest BCUT2D eigenvalue weighted by Gasteiger charge is -2.07. The SMILES string of the molecule is Cc1c(NC(=O)CCC(=O)NCc2ccccc2)c(=O)n(-c2ccccc2)n1C. The number of hydrogen-bond acceptors (Lipinski definition) is 3. The number of anilines is 1. The van der Waals surface area contributed by atoms with Gasteiger partial charge in [-0.15, -0.1) is 0 Å². The highest BCUT2D eigenvalue weighted by molar-refractivity contribution is 5.93. The Morgan fingerprint density at radius 1 is 0.897 bits per heavy atom. The number of carbonyl (C=O) groups is 2. The monoisotopic (exact) mass is 392 g/mol. The third kappa shape index (κ3) is 4.82. The van der Waals surface area contributed by atoms with Gasteiger partial charge in [-0.25, -0.2) is 4.68 Å². The molecule has 7 heteroatoms. The van der Waals surface area contributed by atoms with Gasteiger partial charge >= 0.3 is 0 Å². The van der Waals surface area contributed by atoms with Gasteiger partial charge in [-0.2, -0.15) is 0 Å². The molecule has 0 aliphatic rings. The fourth-order valence-corrected chi connectivity index (χ4v) is 3.03. The first-order valence-electron chi connectivity index (χ1n) is 9.42. The standard InChI is InChI=1S/C22H24N4O3/c1-16-21(22(29)26(25(16)2)18-11-7-4-8-12-18)24-20(28)14-13-19(27)23-15-17-9-5-3-6-10-17/h3-12H,13-15H2,1-2H3,(H,23,27)(H,24,28). The van der Waals surface area contributed by atoms with Crippen molar-refractivity contribution in [1.82, 2.24) is 14.7 Å². The van der Waals surface area contributed by atoms with Gasteiger partial charge in [-0.1, -0.05) is 48.5 Å². The maximum absolute atomic E-state index is 12.8. The molecule has 29 heavy (non-hydrogen) atoms. The molecule has 0 saturated heterocycles. The molecule has 1 heterocycles. The summed E-state index contributed by atoms with van der Waals surface area (Å²) in [4.78, 5) is 37.1. The molecule has 7 nitrogen and oxygen atoms in total. The molecular formula is C22H24N4O3. The molecule has 0 aliphatic carbocycles. The number of nitrogens with one attached hydrogen (secondary N) is 2. The predicted molar refractivity (Wildman–Crippen MR) is 112 cm³/mol. The van der Waals surface area contributed by atoms with Crippen molar-refractivity contribution in [2.45, 2.75) is 26.3 Å². The third-order valence-corrected chi connectivity index (χ3v) is 4.73. The van der Waals surface area contributed by atoms with E-state index in [1.54, 1.807) is 18.7 Å². The summed E-state index contributed by atoms with van der Waals surface area (Å²) in [6.45, 7) is 2.18. The molecule has 1 aromatic heterocycles. The molecule has 0 aliphatic heterocycles. The van der Waals surface area contributed by atoms with Gasteiger partial charge in [0.05, 0.1) is 11.4 Å². The smallest absolute Gasteiger partial charge is 0.295 e. The van der Waals surface area contributed by atoms with Crippen molar-refractivity contribution in [3.63, 3.8) is 0 Å². The highest BCUT2D eigenvalue weighted by Gasteiger charge is 2.18. The lowest BCUT2D eigenvalue weighted by Crippen LogP contribution is -2.26. The molecule has 0 atom stereocenters. The second-order valence-electron chi connectivity index (χ2n) is 6.75. The van der Waals surface area contributed by atoms with E-state index in [1.807, 2.05) is 60.7 Å². The topological polar surface area (TPSA) is 85.1 Å². The van der Waals surface area contributed by atoms with Gasteiger partial charge in [0.2, 0.25) is 11.8 Å². The summed E-state index contributed by atoms with van der Waals surface area (Å²) in [5.74, 6) is -0.582. The predicted octanol–water partition coefficient (Wildman–Crippen LogP) is 2.52. The normalized spacial score (nSPS) is 10.6. The average molecular weight is 392 g/mol. The van der Waals surface area contributed by atoms with E-state index in [0.29, 0.717) is 17.9 Å². The van der Waals surface area contributed by atoms with Crippen LogP contribution < -0.4 is 16.2 Å². The Morgan fingerprint density at radius 2 is 1.48 bits per heavy atom. The zero-order valence-corrected chi connectivity index (χ0v) is 16.5. The molecule has 0 bridgehead atoms. The summed E-state index contributed by atoms with van der Waals surface area (Å²) in [6.07, 6.45) is 0.0527. The summed E-state index contributed by atoms with van der Waals surface area (Å²) in [5.41, 5.74) is 2.26. The van der Waals surface area contributed by atoms with Crippen molar-refractivity contribution >= 4 is 17.5 Å². The van der Waals surface area contributed by atoms with E-state index in [-0.39, 0.29) is 35.9 Å². The lowest BCUT2D eigenvalue weighted by molar-refractivity contribution is -0.124. The largest absolute Gasteiger partial charge is 0.352 e. The Bertz CT molecular complexity index is 1050. The van der Waals surface area contributed by atoms with Crippen LogP contribution in [-0.4, -0.2) is 21.2 Å². The number of rotatable bonds is 7. The van der Waals surface area contributed by atoms with Crippen LogP contribution in [0.2, 0.25) is 0 Å². The first kappa shape index (κ1) is 20.1. The van der Waals surface area contributed by atoms with Gasteiger partial charge < -0.3 is 10.6 Å². The van der Waals surface area contributed by atoms with E-state index in [4.69, 9.17) is 0 Å². The minimum absolute atomic E-state index is 0.000264. The molecule has 2 aromatic carbocycles. The van der Waals surface area contributed by atoms with Gasteiger partial charge in [0.15, 0.2) is 0 Å². The summed E-state index contributed by atoms with van der Waals surface area (Å²) < 4.78 is 3.19. The number of benzene rings is 2. The van der Waals surface area contributed by atoms with Crippen molar-refractivity contribution in [3.05, 3.63) is 82.3 Å². The second-order valence-corrected chi connectivity index (χ2v) is 6.75. The van der Waals surface area contributed by atoms with E-state index in [0.717, 1.165) is 5.56 Å². The highest BCUT2D eigenvalue weighted by atomic mass is 16.2. The van der Waals surface area contributed by atoms with E-state index >= 15 is 0 Å². The number of aromatic nitrogens is 2. The number of carbonyl (C=O) groups excluding carboxylic acids is 2. The number of nitrogens with zero attached hydrogens (tertiary/aromatic N) is 2. The quantitative estimate of drug-likeness (QED) is 0.648. The van der Waals surface area contributed by atoms with Crippen LogP contribution in [0.1, 0.15) is 24.1 Å². The van der Waals surface area contributed by atoms with Crippen molar-refractivity contribution in [2.75, 3.05) is 5.32 Å². The molecular weight excluding hydrogens is 368 g/mol. The molecule has 3 rings (SSSR count). The Balaban J connectivity index is 1.60. The maximum atomic E-state index is 12.8. The molecule has 0 radical (unpaired) electrons. The Hall–Kier alpha value is -3.61. The van der Waals surface area contributed by atoms with E-state index in [2.05, 4.69) is 10.6 Å². The summed E-state index contributed by atoms with van der Waals surface area (Å²) >= 11 is 0. The summed E-state index contributed by atoms with van der Waals surface area (Å²) in [6, 6.07) is 18.8. The zero-order valence-electron chi connectivity index (χ0n) is 16.5. The van der Waals surface area contributed by atoms with Crippen molar-refractivity contribution < 1.29 is 9.59 Å². The van der Waals surface area contributed by atoms with Crippen molar-refractivity contribution in [1.29, 1.82) is 0 Å². The van der Waals surface area contributed by atoms with Crippen LogP contribution in [0.5, 0.6) is 0 Å². The van der Waals surface area contributed by atoms with Crippen LogP contribution in [0.3, 0.4) is 0 Å². The van der Waals surface area contributed by atoms with Crippen LogP contribution in [0, 0.1) is 6.92 Å². The van der Waals surface area contributed by atoms with Crippen LogP contribution in [0.25, 0.3) is 5.69 Å². The highest BCUT2D eigenvalue weighted by Crippen LogP contribution is 2.14. The molecule has 0 unspecified atom stereocenters. The van der Waals surface area contributed by atoms with Crippen LogP contribution in [-0.2, 0) is 23.2 Å². The van der Waals surface area contributed by atoms with E-state index in [1.165, 1.54) is 4.68 Å². The first-order valence-corrected chi connectivity index (χ1v) is 9.42. The van der Waals surface area contributed by atoms with Gasteiger partial charge in [-0.05, 0) is 24.6 Å². The van der Waals surface area contributed by atoms with Gasteiger partial charge in [0.25, 0.3) is 5.56 Å². The minimum atomic E-state index is -0.370. The molecule has 0 spiro atoms. The minimum Gasteiger partial charge on any atom is -0.352 e. The number of para-hydroxylation sites is 1. The second kappa shape index (κ2) is 9.05. The van der Waals surface area contributed by atoms with E-state index < -0.39 is 0 Å². The fourth-order valence-electron chi connectivity index (χ4n) is 3.03. The first-order chi connectivity index (χ1) is 14.0. The molecule has 3 aromatic rings. The van der Waals surface area contributed by atoms with Crippen molar-refractivity contribution in [2.24, 2.45) is 7.05 Å². The fraction of sp³-hybridized carbons (Fsp3) is 0.227. The van der Waals surface area contributed by atoms with Gasteiger partial charge in [0, 0.05) is 26.4 Å². The van der Waals surface area contributed by atoms with E-state index in [9.17, 15) is 14.4 Å². The zero-order chi connectivity index (χ0) is 20.8. The van der Waals surface area contributed by atoms with Gasteiger partial charge in [-0.3, -0.25) is 19.1 Å². The number of hydrogen-bond donors (Lipinski definition) is 2. The lowest BCUT2D eigenvalue weighted by atomic mass is 10.2.